The molecule has 4 saturated carbocycles. The van der Waals surface area contributed by atoms with Crippen molar-refractivity contribution in [2.75, 3.05) is 107 Å². The van der Waals surface area contributed by atoms with Gasteiger partial charge in [-0.2, -0.15) is 20.4 Å². The molecule has 8 heterocycles. The van der Waals surface area contributed by atoms with Crippen molar-refractivity contribution in [3.05, 3.63) is 71.8 Å². The molecule has 4 aromatic heterocycles. The molecule has 8 fully saturated rings. The van der Waals surface area contributed by atoms with Crippen LogP contribution < -0.4 is 0 Å². The first-order valence-corrected chi connectivity index (χ1v) is 35.3. The van der Waals surface area contributed by atoms with E-state index >= 15 is 0 Å². The molecule has 0 spiro atoms. The third-order valence-electron chi connectivity index (χ3n) is 21.9. The van der Waals surface area contributed by atoms with Gasteiger partial charge in [0.05, 0.1) is 70.4 Å². The summed E-state index contributed by atoms with van der Waals surface area (Å²) < 4.78 is 31.8. The van der Waals surface area contributed by atoms with Gasteiger partial charge in [-0.3, -0.25) is 18.7 Å². The Bertz CT molecular complexity index is 2640. The van der Waals surface area contributed by atoms with Gasteiger partial charge in [-0.25, -0.2) is 0 Å². The Labute approximate surface area is 533 Å². The van der Waals surface area contributed by atoms with Crippen LogP contribution in [0.4, 0.5) is 0 Å². The number of methoxy groups -OCH3 is 4. The number of aromatic nitrogens is 8. The number of hydrogen-bond acceptors (Lipinski definition) is 12. The predicted molar refractivity (Wildman–Crippen MR) is 356 cm³/mol. The van der Waals surface area contributed by atoms with Crippen molar-refractivity contribution in [3.8, 4) is 0 Å². The van der Waals surface area contributed by atoms with Crippen molar-refractivity contribution in [3.63, 3.8) is 0 Å². The number of piperidine rings is 4. The van der Waals surface area contributed by atoms with Gasteiger partial charge in [-0.15, -0.1) is 0 Å². The van der Waals surface area contributed by atoms with E-state index in [1.807, 2.05) is 28.4 Å². The van der Waals surface area contributed by atoms with Crippen LogP contribution in [0.15, 0.2) is 49.6 Å². The van der Waals surface area contributed by atoms with Gasteiger partial charge >= 0.3 is 0 Å². The lowest BCUT2D eigenvalue weighted by atomic mass is 9.78. The van der Waals surface area contributed by atoms with E-state index in [9.17, 15) is 0 Å². The lowest BCUT2D eigenvalue weighted by Gasteiger charge is -2.47. The summed E-state index contributed by atoms with van der Waals surface area (Å²) >= 11 is 0. The van der Waals surface area contributed by atoms with E-state index in [2.05, 4.69) is 178 Å². The number of rotatable bonds is 24. The van der Waals surface area contributed by atoms with Crippen LogP contribution in [0.5, 0.6) is 0 Å². The summed E-state index contributed by atoms with van der Waals surface area (Å²) in [5.74, 6) is 2.78. The highest BCUT2D eigenvalue weighted by atomic mass is 16.5. The Morgan fingerprint density at radius 2 is 0.625 bits per heavy atom. The summed E-state index contributed by atoms with van der Waals surface area (Å²) in [6.45, 7) is 36.6. The molecule has 4 aliphatic heterocycles. The van der Waals surface area contributed by atoms with Crippen molar-refractivity contribution in [1.82, 2.24) is 58.7 Å². The normalized spacial score (nSPS) is 23.4. The van der Waals surface area contributed by atoms with E-state index in [1.54, 1.807) is 0 Å². The summed E-state index contributed by atoms with van der Waals surface area (Å²) in [6.07, 6.45) is 43.9. The molecule has 4 aromatic rings. The van der Waals surface area contributed by atoms with Crippen LogP contribution in [-0.2, 0) is 55.7 Å². The van der Waals surface area contributed by atoms with Gasteiger partial charge in [0, 0.05) is 132 Å². The second-order valence-corrected chi connectivity index (χ2v) is 31.5. The third-order valence-corrected chi connectivity index (χ3v) is 21.9. The molecular formula is C72H124N12O4. The molecule has 0 atom stereocenters. The van der Waals surface area contributed by atoms with Gasteiger partial charge in [0.15, 0.2) is 0 Å². The minimum absolute atomic E-state index is 0.157. The average Bonchev–Trinajstić information content (AvgIpc) is 2.21. The zero-order valence-electron chi connectivity index (χ0n) is 58.1. The number of hydrogen-bond donors (Lipinski definition) is 0. The number of ether oxygens (including phenoxy) is 4. The van der Waals surface area contributed by atoms with Crippen molar-refractivity contribution in [2.24, 2.45) is 23.7 Å². The average molecular weight is 1220 g/mol. The van der Waals surface area contributed by atoms with E-state index in [-0.39, 0.29) is 33.5 Å². The monoisotopic (exact) mass is 1220 g/mol. The van der Waals surface area contributed by atoms with Crippen LogP contribution in [0.3, 0.4) is 0 Å². The van der Waals surface area contributed by atoms with Gasteiger partial charge in [-0.1, -0.05) is 55.4 Å². The van der Waals surface area contributed by atoms with E-state index in [4.69, 9.17) is 18.9 Å². The quantitative estimate of drug-likeness (QED) is 0.0664. The van der Waals surface area contributed by atoms with Crippen LogP contribution in [0.2, 0.25) is 0 Å². The number of nitrogens with zero attached hydrogens (tertiary/aromatic N) is 12. The second-order valence-electron chi connectivity index (χ2n) is 31.5. The standard InChI is InChI=1S/C19H33N3O.2C18H31N3O.C17H29N3O/c1-16(2)12-17-13-20-22(14-17)18(3)8-10-21(11-9-18)15-19(23-4)6-5-7-19;1-15(2)11-16-12-19-21(13-16)17-5-9-20(10-6-17)14-18(22-3)7-4-8-18;1-15(2)11-16-12-19-21(13-16)17(3)7-9-20(10-8-17)14-18(22-4)5-6-18;1-14(2)10-15-11-18-20(12-15)16-4-8-19(9-5-16)13-17(21-3)6-7-17/h13-14,16H,5-12,15H2,1-4H3;12-13,15,17H,4-11,14H2,1-3H3;12-13,15H,5-11,14H2,1-4H3;11-12,14,16H,4-10,13H2,1-3H3. The fourth-order valence-electron chi connectivity index (χ4n) is 15.1. The largest absolute Gasteiger partial charge is 0.377 e. The molecule has 0 N–H and O–H groups in total. The first-order chi connectivity index (χ1) is 42.1. The maximum atomic E-state index is 5.79. The highest BCUT2D eigenvalue weighted by molar-refractivity contribution is 5.11. The SMILES string of the molecule is COC1(CN2CCC(C)(n3cc(CC(C)C)cn3)CC2)CC1.COC1(CN2CCC(C)(n3cc(CC(C)C)cn3)CC2)CCC1.COC1(CN2CCC(n3cc(CC(C)C)cn3)CC2)CC1.COC1(CN2CCC(n3cc(CC(C)C)cn3)CC2)CCC1. The van der Waals surface area contributed by atoms with Crippen LogP contribution in [0.25, 0.3) is 0 Å². The summed E-state index contributed by atoms with van der Waals surface area (Å²) in [5, 5.41) is 18.6. The topological polar surface area (TPSA) is 121 Å². The molecule has 0 bridgehead atoms. The zero-order chi connectivity index (χ0) is 62.7. The number of likely N-dealkylation sites (tertiary alicyclic amines) is 4. The Morgan fingerprint density at radius 1 is 0.364 bits per heavy atom. The van der Waals surface area contributed by atoms with E-state index in [0.717, 1.165) is 78.0 Å². The van der Waals surface area contributed by atoms with Gasteiger partial charge < -0.3 is 38.5 Å². The van der Waals surface area contributed by atoms with Gasteiger partial charge in [0.25, 0.3) is 0 Å². The van der Waals surface area contributed by atoms with E-state index < -0.39 is 0 Å². The van der Waals surface area contributed by atoms with E-state index in [1.165, 1.54) is 164 Å². The lowest BCUT2D eigenvalue weighted by Crippen LogP contribution is -2.53. The molecule has 0 amide bonds. The molecule has 0 unspecified atom stereocenters. The highest BCUT2D eigenvalue weighted by Gasteiger charge is 2.47. The zero-order valence-corrected chi connectivity index (χ0v) is 58.1. The van der Waals surface area contributed by atoms with Crippen molar-refractivity contribution in [2.45, 2.75) is 256 Å². The molecule has 16 heteroatoms. The summed E-state index contributed by atoms with van der Waals surface area (Å²) in [4.78, 5) is 10.4. The Morgan fingerprint density at radius 3 is 0.875 bits per heavy atom. The molecule has 4 aliphatic carbocycles. The molecular weight excluding hydrogens is 1100 g/mol. The molecule has 88 heavy (non-hydrogen) atoms. The molecule has 16 nitrogen and oxygen atoms in total. The smallest absolute Gasteiger partial charge is 0.0807 e. The van der Waals surface area contributed by atoms with Gasteiger partial charge in [-0.05, 0) is 201 Å². The molecule has 8 aliphatic rings. The summed E-state index contributed by atoms with van der Waals surface area (Å²) in [5.41, 5.74) is 6.56. The molecule has 4 saturated heterocycles. The minimum atomic E-state index is 0.157. The summed E-state index contributed by atoms with van der Waals surface area (Å²) in [6, 6.07) is 1.16. The van der Waals surface area contributed by atoms with Crippen LogP contribution in [-0.4, -0.2) is 188 Å². The van der Waals surface area contributed by atoms with Gasteiger partial charge in [0.1, 0.15) is 0 Å². The molecule has 0 aromatic carbocycles. The van der Waals surface area contributed by atoms with Gasteiger partial charge in [0.2, 0.25) is 0 Å². The second kappa shape index (κ2) is 30.5. The van der Waals surface area contributed by atoms with Crippen molar-refractivity contribution >= 4 is 0 Å². The van der Waals surface area contributed by atoms with Crippen molar-refractivity contribution < 1.29 is 18.9 Å². The molecule has 12 rings (SSSR count). The van der Waals surface area contributed by atoms with Crippen molar-refractivity contribution in [1.29, 1.82) is 0 Å². The van der Waals surface area contributed by atoms with Crippen LogP contribution in [0, 0.1) is 23.7 Å². The first-order valence-electron chi connectivity index (χ1n) is 35.3. The maximum absolute atomic E-state index is 5.79. The highest BCUT2D eigenvalue weighted by Crippen LogP contribution is 2.43. The summed E-state index contributed by atoms with van der Waals surface area (Å²) in [7, 11) is 7.49. The fraction of sp³-hybridized carbons (Fsp3) is 0.833. The van der Waals surface area contributed by atoms with Crippen LogP contribution >= 0.6 is 0 Å². The first kappa shape index (κ1) is 68.9. The predicted octanol–water partition coefficient (Wildman–Crippen LogP) is 12.7. The third kappa shape index (κ3) is 18.9. The Kier molecular flexibility index (Phi) is 23.9. The fourth-order valence-corrected chi connectivity index (χ4v) is 15.1. The lowest BCUT2D eigenvalue weighted by molar-refractivity contribution is -0.0971. The maximum Gasteiger partial charge on any atom is 0.0807 e. The van der Waals surface area contributed by atoms with E-state index in [0.29, 0.717) is 35.8 Å². The Balaban J connectivity index is 0.000000140. The van der Waals surface area contributed by atoms with Crippen LogP contribution in [0.1, 0.15) is 219 Å². The molecule has 496 valence electrons. The molecule has 0 radical (unpaired) electrons. The Hall–Kier alpha value is -3.48. The minimum Gasteiger partial charge on any atom is -0.377 e.